The Kier molecular flexibility index (Phi) is 5.21. The summed E-state index contributed by atoms with van der Waals surface area (Å²) in [6.45, 7) is 3.17. The molecule has 1 heterocycles. The van der Waals surface area contributed by atoms with Crippen molar-refractivity contribution >= 4 is 0 Å². The molecule has 0 spiro atoms. The summed E-state index contributed by atoms with van der Waals surface area (Å²) in [5.74, 6) is 0.684. The lowest BCUT2D eigenvalue weighted by molar-refractivity contribution is 0.0774. The van der Waals surface area contributed by atoms with E-state index in [0.29, 0.717) is 18.1 Å². The van der Waals surface area contributed by atoms with Gasteiger partial charge < -0.3 is 10.1 Å². The van der Waals surface area contributed by atoms with Crippen LogP contribution in [0.1, 0.15) is 31.7 Å². The molecule has 1 aromatic carbocycles. The predicted molar refractivity (Wildman–Crippen MR) is 75.7 cm³/mol. The zero-order valence-electron chi connectivity index (χ0n) is 11.6. The van der Waals surface area contributed by atoms with Gasteiger partial charge in [0.1, 0.15) is 0 Å². The van der Waals surface area contributed by atoms with Crippen molar-refractivity contribution in [1.82, 2.24) is 5.32 Å². The first kappa shape index (κ1) is 13.6. The smallest absolute Gasteiger partial charge is 0.0616 e. The molecule has 0 radical (unpaired) electrons. The molecular formula is C16H25NO. The zero-order chi connectivity index (χ0) is 12.8. The van der Waals surface area contributed by atoms with Crippen LogP contribution in [0.4, 0.5) is 0 Å². The highest BCUT2D eigenvalue weighted by Gasteiger charge is 2.32. The Bertz CT molecular complexity index is 338. The molecule has 1 aromatic rings. The van der Waals surface area contributed by atoms with Crippen molar-refractivity contribution in [3.05, 3.63) is 35.9 Å². The summed E-state index contributed by atoms with van der Waals surface area (Å²) in [5.41, 5.74) is 1.43. The number of ether oxygens (including phenoxy) is 1. The van der Waals surface area contributed by atoms with Gasteiger partial charge in [-0.2, -0.15) is 0 Å². The second-order valence-electron chi connectivity index (χ2n) is 5.19. The molecule has 1 aliphatic rings. The molecule has 1 aliphatic heterocycles. The highest BCUT2D eigenvalue weighted by Crippen LogP contribution is 2.28. The molecule has 3 atom stereocenters. The number of hydrogen-bond donors (Lipinski definition) is 1. The van der Waals surface area contributed by atoms with E-state index in [4.69, 9.17) is 4.74 Å². The molecule has 18 heavy (non-hydrogen) atoms. The molecule has 2 heteroatoms. The van der Waals surface area contributed by atoms with Crippen molar-refractivity contribution in [2.24, 2.45) is 5.92 Å². The van der Waals surface area contributed by atoms with Crippen LogP contribution in [-0.4, -0.2) is 25.8 Å². The van der Waals surface area contributed by atoms with E-state index in [1.807, 2.05) is 0 Å². The molecule has 1 N–H and O–H groups in total. The second kappa shape index (κ2) is 6.91. The monoisotopic (exact) mass is 247 g/mol. The van der Waals surface area contributed by atoms with Crippen molar-refractivity contribution < 1.29 is 4.74 Å². The first-order valence-corrected chi connectivity index (χ1v) is 7.18. The Balaban J connectivity index is 1.89. The fraction of sp³-hybridized carbons (Fsp3) is 0.625. The van der Waals surface area contributed by atoms with Crippen LogP contribution >= 0.6 is 0 Å². The lowest BCUT2D eigenvalue weighted by atomic mass is 9.87. The lowest BCUT2D eigenvalue weighted by Crippen LogP contribution is -2.38. The van der Waals surface area contributed by atoms with Gasteiger partial charge in [-0.15, -0.1) is 0 Å². The van der Waals surface area contributed by atoms with E-state index < -0.39 is 0 Å². The minimum absolute atomic E-state index is 0.457. The van der Waals surface area contributed by atoms with Gasteiger partial charge in [-0.1, -0.05) is 37.3 Å². The normalized spacial score (nSPS) is 25.2. The molecule has 0 aliphatic carbocycles. The predicted octanol–water partition coefficient (Wildman–Crippen LogP) is 3.02. The fourth-order valence-electron chi connectivity index (χ4n) is 3.09. The largest absolute Gasteiger partial charge is 0.378 e. The zero-order valence-corrected chi connectivity index (χ0v) is 11.6. The van der Waals surface area contributed by atoms with Crippen LogP contribution in [0.2, 0.25) is 0 Å². The van der Waals surface area contributed by atoms with Gasteiger partial charge in [0, 0.05) is 18.6 Å². The van der Waals surface area contributed by atoms with Crippen LogP contribution < -0.4 is 5.32 Å². The van der Waals surface area contributed by atoms with Crippen LogP contribution in [0.5, 0.6) is 0 Å². The summed E-state index contributed by atoms with van der Waals surface area (Å²) in [7, 11) is 2.08. The Labute approximate surface area is 111 Å². The van der Waals surface area contributed by atoms with Crippen LogP contribution in [0.25, 0.3) is 0 Å². The number of hydrogen-bond acceptors (Lipinski definition) is 2. The Hall–Kier alpha value is -0.860. The summed E-state index contributed by atoms with van der Waals surface area (Å²) in [4.78, 5) is 0. The van der Waals surface area contributed by atoms with Crippen LogP contribution in [0.3, 0.4) is 0 Å². The minimum Gasteiger partial charge on any atom is -0.378 e. The summed E-state index contributed by atoms with van der Waals surface area (Å²) in [6, 6.07) is 11.3. The molecule has 3 unspecified atom stereocenters. The van der Waals surface area contributed by atoms with E-state index in [1.54, 1.807) is 0 Å². The van der Waals surface area contributed by atoms with Crippen LogP contribution in [0.15, 0.2) is 30.3 Å². The SMILES string of the molecule is CCC1OCCC1C(CCc1ccccc1)NC. The van der Waals surface area contributed by atoms with E-state index in [1.165, 1.54) is 18.4 Å². The highest BCUT2D eigenvalue weighted by molar-refractivity contribution is 5.14. The summed E-state index contributed by atoms with van der Waals surface area (Å²) < 4.78 is 5.81. The molecule has 100 valence electrons. The molecule has 2 rings (SSSR count). The topological polar surface area (TPSA) is 21.3 Å². The Morgan fingerprint density at radius 2 is 2.11 bits per heavy atom. The van der Waals surface area contributed by atoms with Gasteiger partial charge in [0.05, 0.1) is 6.10 Å². The summed E-state index contributed by atoms with van der Waals surface area (Å²) >= 11 is 0. The summed E-state index contributed by atoms with van der Waals surface area (Å²) in [6.07, 6.45) is 5.15. The Morgan fingerprint density at radius 1 is 1.33 bits per heavy atom. The van der Waals surface area contributed by atoms with Crippen molar-refractivity contribution in [2.45, 2.75) is 44.8 Å². The summed E-state index contributed by atoms with van der Waals surface area (Å²) in [5, 5.41) is 3.50. The molecule has 0 aromatic heterocycles. The van der Waals surface area contributed by atoms with Crippen LogP contribution in [-0.2, 0) is 11.2 Å². The van der Waals surface area contributed by atoms with Gasteiger partial charge in [0.25, 0.3) is 0 Å². The van der Waals surface area contributed by atoms with E-state index >= 15 is 0 Å². The fourth-order valence-corrected chi connectivity index (χ4v) is 3.09. The van der Waals surface area contributed by atoms with Crippen molar-refractivity contribution in [3.63, 3.8) is 0 Å². The molecule has 2 nitrogen and oxygen atoms in total. The van der Waals surface area contributed by atoms with Crippen molar-refractivity contribution in [3.8, 4) is 0 Å². The number of aryl methyl sites for hydroxylation is 1. The molecule has 0 bridgehead atoms. The van der Waals surface area contributed by atoms with E-state index in [0.717, 1.165) is 19.4 Å². The Morgan fingerprint density at radius 3 is 2.78 bits per heavy atom. The molecule has 0 saturated carbocycles. The maximum atomic E-state index is 5.81. The number of rotatable bonds is 6. The second-order valence-corrected chi connectivity index (χ2v) is 5.19. The van der Waals surface area contributed by atoms with E-state index in [2.05, 4.69) is 49.6 Å². The average molecular weight is 247 g/mol. The minimum atomic E-state index is 0.457. The average Bonchev–Trinajstić information content (AvgIpc) is 2.89. The third-order valence-electron chi connectivity index (χ3n) is 4.14. The quantitative estimate of drug-likeness (QED) is 0.834. The lowest BCUT2D eigenvalue weighted by Gasteiger charge is -2.26. The van der Waals surface area contributed by atoms with Crippen molar-refractivity contribution in [2.75, 3.05) is 13.7 Å². The van der Waals surface area contributed by atoms with Crippen molar-refractivity contribution in [1.29, 1.82) is 0 Å². The third kappa shape index (κ3) is 3.33. The van der Waals surface area contributed by atoms with Gasteiger partial charge in [0.15, 0.2) is 0 Å². The third-order valence-corrected chi connectivity index (χ3v) is 4.14. The van der Waals surface area contributed by atoms with Gasteiger partial charge in [0.2, 0.25) is 0 Å². The number of benzene rings is 1. The number of nitrogens with one attached hydrogen (secondary N) is 1. The first-order valence-electron chi connectivity index (χ1n) is 7.18. The molecule has 1 fully saturated rings. The van der Waals surface area contributed by atoms with Gasteiger partial charge >= 0.3 is 0 Å². The maximum absolute atomic E-state index is 5.81. The van der Waals surface area contributed by atoms with E-state index in [9.17, 15) is 0 Å². The van der Waals surface area contributed by atoms with Gasteiger partial charge in [-0.3, -0.25) is 0 Å². The van der Waals surface area contributed by atoms with Gasteiger partial charge in [-0.05, 0) is 38.3 Å². The standard InChI is InChI=1S/C16H25NO/c1-3-16-14(11-12-18-16)15(17-2)10-9-13-7-5-4-6-8-13/h4-8,14-17H,3,9-12H2,1-2H3. The molecular weight excluding hydrogens is 222 g/mol. The van der Waals surface area contributed by atoms with Gasteiger partial charge in [-0.25, -0.2) is 0 Å². The van der Waals surface area contributed by atoms with E-state index in [-0.39, 0.29) is 0 Å². The maximum Gasteiger partial charge on any atom is 0.0616 e. The highest BCUT2D eigenvalue weighted by atomic mass is 16.5. The first-order chi connectivity index (χ1) is 8.85. The molecule has 0 amide bonds. The van der Waals surface area contributed by atoms with Crippen LogP contribution in [0, 0.1) is 5.92 Å². The molecule has 1 saturated heterocycles.